The highest BCUT2D eigenvalue weighted by Gasteiger charge is 2.28. The zero-order valence-corrected chi connectivity index (χ0v) is 16.7. The fourth-order valence-corrected chi connectivity index (χ4v) is 4.02. The monoisotopic (exact) mass is 390 g/mol. The van der Waals surface area contributed by atoms with Gasteiger partial charge in [0.15, 0.2) is 0 Å². The molecule has 1 unspecified atom stereocenters. The summed E-state index contributed by atoms with van der Waals surface area (Å²) in [5.41, 5.74) is 3.01. The number of rotatable bonds is 5. The predicted octanol–water partition coefficient (Wildman–Crippen LogP) is 3.26. The number of carbonyl (C=O) groups excluding carboxylic acids is 2. The third-order valence-electron chi connectivity index (χ3n) is 5.58. The van der Waals surface area contributed by atoms with E-state index in [9.17, 15) is 9.59 Å². The Bertz CT molecular complexity index is 917. The van der Waals surface area contributed by atoms with Crippen LogP contribution >= 0.6 is 0 Å². The summed E-state index contributed by atoms with van der Waals surface area (Å²) in [5.74, 6) is 0.838. The maximum Gasteiger partial charge on any atom is 0.223 e. The molecule has 0 spiro atoms. The number of pyridine rings is 1. The van der Waals surface area contributed by atoms with Crippen molar-refractivity contribution in [1.29, 1.82) is 0 Å². The maximum absolute atomic E-state index is 12.6. The first-order valence-corrected chi connectivity index (χ1v) is 10.1. The number of carbonyl (C=O) groups is 2. The zero-order valence-electron chi connectivity index (χ0n) is 16.7. The van der Waals surface area contributed by atoms with Gasteiger partial charge in [0.1, 0.15) is 5.82 Å². The molecule has 1 aromatic heterocycles. The first kappa shape index (κ1) is 19.2. The Kier molecular flexibility index (Phi) is 5.60. The largest absolute Gasteiger partial charge is 0.357 e. The van der Waals surface area contributed by atoms with Crippen molar-refractivity contribution in [1.82, 2.24) is 15.2 Å². The molecule has 1 fully saturated rings. The van der Waals surface area contributed by atoms with Gasteiger partial charge in [0.2, 0.25) is 11.8 Å². The van der Waals surface area contributed by atoms with Crippen molar-refractivity contribution >= 4 is 23.7 Å². The van der Waals surface area contributed by atoms with E-state index in [0.717, 1.165) is 35.6 Å². The molecule has 29 heavy (non-hydrogen) atoms. The van der Waals surface area contributed by atoms with Crippen molar-refractivity contribution < 1.29 is 9.59 Å². The van der Waals surface area contributed by atoms with Crippen LogP contribution in [0.3, 0.4) is 0 Å². The van der Waals surface area contributed by atoms with Gasteiger partial charge < -0.3 is 15.1 Å². The molecule has 6 nitrogen and oxygen atoms in total. The summed E-state index contributed by atoms with van der Waals surface area (Å²) in [7, 11) is 0. The number of aromatic nitrogens is 1. The minimum atomic E-state index is -0.288. The number of amides is 2. The van der Waals surface area contributed by atoms with Gasteiger partial charge in [-0.1, -0.05) is 30.3 Å². The first-order chi connectivity index (χ1) is 14.1. The topological polar surface area (TPSA) is 65.5 Å². The fourth-order valence-electron chi connectivity index (χ4n) is 4.02. The van der Waals surface area contributed by atoms with E-state index in [2.05, 4.69) is 15.2 Å². The summed E-state index contributed by atoms with van der Waals surface area (Å²) < 4.78 is 0. The van der Waals surface area contributed by atoms with E-state index >= 15 is 0 Å². The van der Waals surface area contributed by atoms with Crippen LogP contribution < -0.4 is 10.2 Å². The second kappa shape index (κ2) is 8.47. The number of fused-ring (bicyclic) bond motifs is 1. The Morgan fingerprint density at radius 3 is 2.66 bits per heavy atom. The van der Waals surface area contributed by atoms with Gasteiger partial charge in [-0.25, -0.2) is 4.98 Å². The molecule has 0 aliphatic carbocycles. The van der Waals surface area contributed by atoms with Crippen molar-refractivity contribution in [2.24, 2.45) is 0 Å². The number of hydrogen-bond donors (Lipinski definition) is 1. The Labute approximate surface area is 171 Å². The van der Waals surface area contributed by atoms with Crippen molar-refractivity contribution in [3.8, 4) is 0 Å². The average Bonchev–Trinajstić information content (AvgIpc) is 3.27. The van der Waals surface area contributed by atoms with Gasteiger partial charge >= 0.3 is 0 Å². The van der Waals surface area contributed by atoms with Crippen LogP contribution in [0.25, 0.3) is 6.08 Å². The average molecular weight is 390 g/mol. The number of hydrogen-bond acceptors (Lipinski definition) is 4. The smallest absolute Gasteiger partial charge is 0.223 e. The van der Waals surface area contributed by atoms with Gasteiger partial charge in [0, 0.05) is 39.0 Å². The number of nitrogens with one attached hydrogen (secondary N) is 1. The van der Waals surface area contributed by atoms with Crippen LogP contribution in [0.1, 0.15) is 48.9 Å². The van der Waals surface area contributed by atoms with E-state index < -0.39 is 0 Å². The minimum absolute atomic E-state index is 0.0738. The first-order valence-electron chi connectivity index (χ1n) is 10.1. The summed E-state index contributed by atoms with van der Waals surface area (Å²) in [6, 6.07) is 11.6. The minimum Gasteiger partial charge on any atom is -0.357 e. The molecule has 4 rings (SSSR count). The van der Waals surface area contributed by atoms with Gasteiger partial charge in [-0.2, -0.15) is 0 Å². The number of benzene rings is 1. The second-order valence-corrected chi connectivity index (χ2v) is 7.59. The standard InChI is InChI=1S/C23H26N4O2/c1-17(28)27-13-10-19-6-2-3-7-20(19)21(27)14-23(29)25-16-18-8-9-22(24-15-18)26-11-4-5-12-26/h2-3,6-10,13,15,21H,4-5,11-12,14,16H2,1H3,(H,25,29). The molecule has 3 heterocycles. The third-order valence-corrected chi connectivity index (χ3v) is 5.58. The third kappa shape index (κ3) is 4.31. The van der Waals surface area contributed by atoms with Gasteiger partial charge in [0.05, 0.1) is 12.5 Å². The van der Waals surface area contributed by atoms with E-state index in [-0.39, 0.29) is 24.3 Å². The molecule has 0 radical (unpaired) electrons. The molecule has 0 bridgehead atoms. The lowest BCUT2D eigenvalue weighted by Gasteiger charge is -2.32. The molecular formula is C23H26N4O2. The lowest BCUT2D eigenvalue weighted by molar-refractivity contribution is -0.130. The summed E-state index contributed by atoms with van der Waals surface area (Å²) in [5, 5.41) is 2.97. The maximum atomic E-state index is 12.6. The molecule has 2 aromatic rings. The Morgan fingerprint density at radius 2 is 1.93 bits per heavy atom. The van der Waals surface area contributed by atoms with Crippen molar-refractivity contribution in [2.45, 2.75) is 38.8 Å². The Morgan fingerprint density at radius 1 is 1.14 bits per heavy atom. The summed E-state index contributed by atoms with van der Waals surface area (Å²) in [6.07, 6.45) is 8.17. The van der Waals surface area contributed by atoms with Gasteiger partial charge in [-0.3, -0.25) is 9.59 Å². The van der Waals surface area contributed by atoms with Crippen LogP contribution in [0.4, 0.5) is 5.82 Å². The van der Waals surface area contributed by atoms with Crippen LogP contribution in [-0.2, 0) is 16.1 Å². The van der Waals surface area contributed by atoms with Crippen LogP contribution in [0.5, 0.6) is 0 Å². The molecule has 0 saturated carbocycles. The van der Waals surface area contributed by atoms with Crippen LogP contribution in [0, 0.1) is 0 Å². The summed E-state index contributed by atoms with van der Waals surface area (Å²) >= 11 is 0. The summed E-state index contributed by atoms with van der Waals surface area (Å²) in [6.45, 7) is 4.08. The highest BCUT2D eigenvalue weighted by molar-refractivity contribution is 5.81. The molecule has 2 amide bonds. The predicted molar refractivity (Wildman–Crippen MR) is 113 cm³/mol. The van der Waals surface area contributed by atoms with E-state index in [1.54, 1.807) is 11.1 Å². The molecule has 1 atom stereocenters. The highest BCUT2D eigenvalue weighted by Crippen LogP contribution is 2.32. The van der Waals surface area contributed by atoms with Gasteiger partial charge in [0.25, 0.3) is 0 Å². The fraction of sp³-hybridized carbons (Fsp3) is 0.348. The van der Waals surface area contributed by atoms with Crippen molar-refractivity contribution in [3.63, 3.8) is 0 Å². The quantitative estimate of drug-likeness (QED) is 0.851. The normalized spacial score (nSPS) is 17.9. The van der Waals surface area contributed by atoms with E-state index in [1.807, 2.05) is 48.7 Å². The highest BCUT2D eigenvalue weighted by atomic mass is 16.2. The summed E-state index contributed by atoms with van der Waals surface area (Å²) in [4.78, 5) is 33.1. The SMILES string of the molecule is CC(=O)N1C=Cc2ccccc2C1CC(=O)NCc1ccc(N2CCCC2)nc1. The van der Waals surface area contributed by atoms with E-state index in [1.165, 1.54) is 19.8 Å². The van der Waals surface area contributed by atoms with Crippen LogP contribution in [0.15, 0.2) is 48.8 Å². The number of anilines is 1. The molecule has 1 aromatic carbocycles. The molecule has 150 valence electrons. The Hall–Kier alpha value is -3.15. The molecule has 1 saturated heterocycles. The van der Waals surface area contributed by atoms with Gasteiger partial charge in [-0.15, -0.1) is 0 Å². The van der Waals surface area contributed by atoms with Crippen LogP contribution in [0.2, 0.25) is 0 Å². The zero-order chi connectivity index (χ0) is 20.2. The van der Waals surface area contributed by atoms with Gasteiger partial charge in [-0.05, 0) is 41.7 Å². The van der Waals surface area contributed by atoms with Crippen LogP contribution in [-0.4, -0.2) is 34.8 Å². The molecule has 6 heteroatoms. The molecule has 2 aliphatic rings. The lowest BCUT2D eigenvalue weighted by atomic mass is 9.93. The molecule has 2 aliphatic heterocycles. The molecular weight excluding hydrogens is 364 g/mol. The second-order valence-electron chi connectivity index (χ2n) is 7.59. The lowest BCUT2D eigenvalue weighted by Crippen LogP contribution is -2.35. The van der Waals surface area contributed by atoms with E-state index in [0.29, 0.717) is 6.54 Å². The molecule has 1 N–H and O–H groups in total. The van der Waals surface area contributed by atoms with Crippen molar-refractivity contribution in [2.75, 3.05) is 18.0 Å². The van der Waals surface area contributed by atoms with Crippen molar-refractivity contribution in [3.05, 3.63) is 65.5 Å². The number of nitrogens with zero attached hydrogens (tertiary/aromatic N) is 3. The van der Waals surface area contributed by atoms with E-state index in [4.69, 9.17) is 0 Å². The Balaban J connectivity index is 1.38.